The van der Waals surface area contributed by atoms with E-state index in [0.29, 0.717) is 0 Å². The fourth-order valence-electron chi connectivity index (χ4n) is 3.55. The van der Waals surface area contributed by atoms with Crippen molar-refractivity contribution in [3.8, 4) is 0 Å². The summed E-state index contributed by atoms with van der Waals surface area (Å²) >= 11 is 0. The van der Waals surface area contributed by atoms with Crippen LogP contribution in [-0.4, -0.2) is 66.2 Å². The van der Waals surface area contributed by atoms with Crippen LogP contribution in [0.15, 0.2) is 24.5 Å². The first kappa shape index (κ1) is 16.2. The maximum atomic E-state index is 11.9. The van der Waals surface area contributed by atoms with Crippen molar-refractivity contribution in [3.63, 3.8) is 0 Å². The van der Waals surface area contributed by atoms with E-state index < -0.39 is 0 Å². The summed E-state index contributed by atoms with van der Waals surface area (Å²) in [5.74, 6) is 0. The number of nitrogens with zero attached hydrogens (tertiary/aromatic N) is 3. The van der Waals surface area contributed by atoms with Crippen LogP contribution in [0.3, 0.4) is 0 Å². The number of hydrogen-bond acceptors (Lipinski definition) is 4. The Labute approximate surface area is 137 Å². The van der Waals surface area contributed by atoms with Gasteiger partial charge in [-0.3, -0.25) is 9.88 Å². The van der Waals surface area contributed by atoms with E-state index >= 15 is 0 Å². The molecule has 0 saturated carbocycles. The normalized spacial score (nSPS) is 28.0. The van der Waals surface area contributed by atoms with Crippen LogP contribution in [0.1, 0.15) is 24.8 Å². The van der Waals surface area contributed by atoms with Crippen molar-refractivity contribution < 1.29 is 9.53 Å². The highest BCUT2D eigenvalue weighted by Gasteiger charge is 2.43. The van der Waals surface area contributed by atoms with Crippen LogP contribution >= 0.6 is 0 Å². The lowest BCUT2D eigenvalue weighted by molar-refractivity contribution is -0.0792. The number of rotatable bonds is 3. The minimum Gasteiger partial charge on any atom is -0.373 e. The van der Waals surface area contributed by atoms with Gasteiger partial charge in [0.05, 0.1) is 5.60 Å². The molecule has 2 fully saturated rings. The third kappa shape index (κ3) is 4.00. The molecular weight excluding hydrogens is 292 g/mol. The summed E-state index contributed by atoms with van der Waals surface area (Å²) < 4.78 is 6.15. The Morgan fingerprint density at radius 3 is 3.00 bits per heavy atom. The molecule has 2 aliphatic heterocycles. The van der Waals surface area contributed by atoms with E-state index in [0.717, 1.165) is 45.5 Å². The molecule has 0 unspecified atom stereocenters. The first-order valence-electron chi connectivity index (χ1n) is 8.29. The molecular formula is C17H26N4O2. The molecule has 3 rings (SSSR count). The molecule has 23 heavy (non-hydrogen) atoms. The molecule has 0 aliphatic carbocycles. The largest absolute Gasteiger partial charge is 0.373 e. The average molecular weight is 318 g/mol. The number of likely N-dealkylation sites (tertiary alicyclic amines) is 1. The molecule has 1 N–H and O–H groups in total. The van der Waals surface area contributed by atoms with Gasteiger partial charge in [0.1, 0.15) is 0 Å². The molecule has 2 saturated heterocycles. The summed E-state index contributed by atoms with van der Waals surface area (Å²) in [6.45, 7) is 3.63. The van der Waals surface area contributed by atoms with Crippen molar-refractivity contribution in [2.75, 3.05) is 33.8 Å². The molecule has 1 spiro atoms. The first-order valence-corrected chi connectivity index (χ1v) is 8.29. The van der Waals surface area contributed by atoms with Crippen LogP contribution in [0.25, 0.3) is 0 Å². The smallest absolute Gasteiger partial charge is 0.317 e. The highest BCUT2D eigenvalue weighted by atomic mass is 16.5. The van der Waals surface area contributed by atoms with Crippen molar-refractivity contribution in [2.24, 2.45) is 0 Å². The Kier molecular flexibility index (Phi) is 4.82. The van der Waals surface area contributed by atoms with Crippen LogP contribution in [-0.2, 0) is 11.3 Å². The van der Waals surface area contributed by atoms with Gasteiger partial charge >= 0.3 is 6.03 Å². The number of urea groups is 1. The highest BCUT2D eigenvalue weighted by molar-refractivity contribution is 5.73. The Morgan fingerprint density at radius 1 is 1.48 bits per heavy atom. The van der Waals surface area contributed by atoms with Crippen LogP contribution in [0, 0.1) is 0 Å². The molecule has 3 heterocycles. The third-order valence-electron chi connectivity index (χ3n) is 4.78. The van der Waals surface area contributed by atoms with Gasteiger partial charge < -0.3 is 15.0 Å². The number of hydrogen-bond donors (Lipinski definition) is 1. The van der Waals surface area contributed by atoms with Crippen LogP contribution in [0.5, 0.6) is 0 Å². The predicted molar refractivity (Wildman–Crippen MR) is 88.1 cm³/mol. The number of pyridine rings is 1. The summed E-state index contributed by atoms with van der Waals surface area (Å²) in [4.78, 5) is 20.0. The Bertz CT molecular complexity index is 537. The van der Waals surface area contributed by atoms with Gasteiger partial charge in [-0.25, -0.2) is 4.79 Å². The SMILES string of the molecule is CN(C)C(=O)N[C@H]1CCO[C@@]2(CCN(Cc3ccncc3)C2)C1. The molecule has 1 aromatic rings. The fourth-order valence-corrected chi connectivity index (χ4v) is 3.55. The molecule has 0 aromatic carbocycles. The predicted octanol–water partition coefficient (Wildman–Crippen LogP) is 1.48. The first-order chi connectivity index (χ1) is 11.1. The second-order valence-electron chi connectivity index (χ2n) is 6.88. The van der Waals surface area contributed by atoms with Crippen molar-refractivity contribution in [1.29, 1.82) is 0 Å². The van der Waals surface area contributed by atoms with E-state index in [1.165, 1.54) is 5.56 Å². The fraction of sp³-hybridized carbons (Fsp3) is 0.647. The average Bonchev–Trinajstić information content (AvgIpc) is 2.90. The number of carbonyl (C=O) groups is 1. The molecule has 0 radical (unpaired) electrons. The summed E-state index contributed by atoms with van der Waals surface area (Å²) in [7, 11) is 3.55. The van der Waals surface area contributed by atoms with E-state index in [9.17, 15) is 4.79 Å². The number of amides is 2. The van der Waals surface area contributed by atoms with Gasteiger partial charge in [-0.15, -0.1) is 0 Å². The lowest BCUT2D eigenvalue weighted by atomic mass is 9.89. The Hall–Kier alpha value is -1.66. The zero-order valence-electron chi connectivity index (χ0n) is 14.0. The second-order valence-corrected chi connectivity index (χ2v) is 6.88. The molecule has 2 atom stereocenters. The zero-order chi connectivity index (χ0) is 16.3. The standard InChI is InChI=1S/C17H26N4O2/c1-20(2)16(22)19-15-5-10-23-17(11-15)6-9-21(13-17)12-14-3-7-18-8-4-14/h3-4,7-8,15H,5-6,9-13H2,1-2H3,(H,19,22)/t15-,17-/m0/s1. The number of carbonyl (C=O) groups excluding carboxylic acids is 1. The molecule has 6 nitrogen and oxygen atoms in total. The second kappa shape index (κ2) is 6.84. The topological polar surface area (TPSA) is 57.7 Å². The van der Waals surface area contributed by atoms with Crippen molar-refractivity contribution in [3.05, 3.63) is 30.1 Å². The highest BCUT2D eigenvalue weighted by Crippen LogP contribution is 2.34. The number of aromatic nitrogens is 1. The molecule has 2 aliphatic rings. The number of nitrogens with one attached hydrogen (secondary N) is 1. The molecule has 6 heteroatoms. The number of ether oxygens (including phenoxy) is 1. The van der Waals surface area contributed by atoms with Gasteiger partial charge in [0.15, 0.2) is 0 Å². The summed E-state index contributed by atoms with van der Waals surface area (Å²) in [5.41, 5.74) is 1.18. The van der Waals surface area contributed by atoms with Crippen LogP contribution in [0.4, 0.5) is 4.79 Å². The van der Waals surface area contributed by atoms with Gasteiger partial charge in [-0.2, -0.15) is 0 Å². The van der Waals surface area contributed by atoms with Gasteiger partial charge in [-0.05, 0) is 37.0 Å². The lowest BCUT2D eigenvalue weighted by Gasteiger charge is -2.38. The lowest BCUT2D eigenvalue weighted by Crippen LogP contribution is -2.51. The van der Waals surface area contributed by atoms with Crippen LogP contribution < -0.4 is 5.32 Å². The minimum absolute atomic E-state index is 0.0151. The van der Waals surface area contributed by atoms with E-state index in [1.807, 2.05) is 12.4 Å². The van der Waals surface area contributed by atoms with Crippen LogP contribution in [0.2, 0.25) is 0 Å². The Morgan fingerprint density at radius 2 is 2.26 bits per heavy atom. The minimum atomic E-state index is -0.102. The van der Waals surface area contributed by atoms with Gasteiger partial charge in [-0.1, -0.05) is 0 Å². The Balaban J connectivity index is 1.56. The maximum Gasteiger partial charge on any atom is 0.317 e. The summed E-state index contributed by atoms with van der Waals surface area (Å²) in [6.07, 6.45) is 6.51. The van der Waals surface area contributed by atoms with E-state index in [4.69, 9.17) is 4.74 Å². The van der Waals surface area contributed by atoms with Gasteiger partial charge in [0.25, 0.3) is 0 Å². The zero-order valence-corrected chi connectivity index (χ0v) is 14.0. The quantitative estimate of drug-likeness (QED) is 0.917. The molecule has 126 valence electrons. The van der Waals surface area contributed by atoms with E-state index in [2.05, 4.69) is 27.3 Å². The molecule has 0 bridgehead atoms. The molecule has 2 amide bonds. The summed E-state index contributed by atoms with van der Waals surface area (Å²) in [5, 5.41) is 3.11. The van der Waals surface area contributed by atoms with Crippen molar-refractivity contribution in [1.82, 2.24) is 20.1 Å². The third-order valence-corrected chi connectivity index (χ3v) is 4.78. The monoisotopic (exact) mass is 318 g/mol. The van der Waals surface area contributed by atoms with E-state index in [1.54, 1.807) is 19.0 Å². The van der Waals surface area contributed by atoms with Crippen molar-refractivity contribution in [2.45, 2.75) is 37.5 Å². The maximum absolute atomic E-state index is 11.9. The summed E-state index contributed by atoms with van der Waals surface area (Å²) in [6, 6.07) is 4.32. The van der Waals surface area contributed by atoms with E-state index in [-0.39, 0.29) is 17.7 Å². The van der Waals surface area contributed by atoms with Gasteiger partial charge in [0.2, 0.25) is 0 Å². The van der Waals surface area contributed by atoms with Crippen molar-refractivity contribution >= 4 is 6.03 Å². The van der Waals surface area contributed by atoms with Gasteiger partial charge in [0, 0.05) is 58.8 Å². The molecule has 1 aromatic heterocycles.